The molecule has 0 amide bonds. The highest BCUT2D eigenvalue weighted by Crippen LogP contribution is 2.11. The second-order valence-electron chi connectivity index (χ2n) is 4.89. The third-order valence-electron chi connectivity index (χ3n) is 3.31. The van der Waals surface area contributed by atoms with E-state index in [4.69, 9.17) is 5.73 Å². The number of nitrogens with one attached hydrogen (secondary N) is 1. The summed E-state index contributed by atoms with van der Waals surface area (Å²) < 4.78 is 0. The summed E-state index contributed by atoms with van der Waals surface area (Å²) in [5.41, 5.74) is 10.4. The Kier molecular flexibility index (Phi) is 5.32. The van der Waals surface area contributed by atoms with E-state index in [2.05, 4.69) is 47.3 Å². The Labute approximate surface area is 126 Å². The smallest absolute Gasteiger partial charge is 0.193 e. The SMILES string of the molecule is CCc1cccc(NC(N)=NCc2cc(CC)ccn2)c1. The molecule has 0 aliphatic rings. The van der Waals surface area contributed by atoms with Crippen molar-refractivity contribution in [2.75, 3.05) is 5.32 Å². The fraction of sp³-hybridized carbons (Fsp3) is 0.294. The first-order valence-electron chi connectivity index (χ1n) is 7.31. The molecular formula is C17H22N4. The number of hydrogen-bond acceptors (Lipinski definition) is 2. The number of pyridine rings is 1. The fourth-order valence-electron chi connectivity index (χ4n) is 2.06. The van der Waals surface area contributed by atoms with Gasteiger partial charge >= 0.3 is 0 Å². The van der Waals surface area contributed by atoms with Crippen LogP contribution >= 0.6 is 0 Å². The second-order valence-corrected chi connectivity index (χ2v) is 4.89. The minimum atomic E-state index is 0.409. The first-order valence-corrected chi connectivity index (χ1v) is 7.31. The number of aryl methyl sites for hydroxylation is 2. The summed E-state index contributed by atoms with van der Waals surface area (Å²) in [7, 11) is 0. The van der Waals surface area contributed by atoms with E-state index >= 15 is 0 Å². The molecule has 0 saturated carbocycles. The molecule has 0 radical (unpaired) electrons. The van der Waals surface area contributed by atoms with Crippen molar-refractivity contribution < 1.29 is 0 Å². The van der Waals surface area contributed by atoms with Gasteiger partial charge in [-0.2, -0.15) is 0 Å². The van der Waals surface area contributed by atoms with E-state index in [0.717, 1.165) is 24.2 Å². The van der Waals surface area contributed by atoms with Crippen molar-refractivity contribution in [3.63, 3.8) is 0 Å². The van der Waals surface area contributed by atoms with Gasteiger partial charge in [-0.3, -0.25) is 4.98 Å². The minimum Gasteiger partial charge on any atom is -0.370 e. The second kappa shape index (κ2) is 7.43. The van der Waals surface area contributed by atoms with Crippen LogP contribution in [0.2, 0.25) is 0 Å². The lowest BCUT2D eigenvalue weighted by Gasteiger charge is -2.07. The lowest BCUT2D eigenvalue weighted by molar-refractivity contribution is 0.967. The maximum absolute atomic E-state index is 5.93. The maximum atomic E-state index is 5.93. The van der Waals surface area contributed by atoms with Crippen LogP contribution in [0.25, 0.3) is 0 Å². The van der Waals surface area contributed by atoms with Gasteiger partial charge < -0.3 is 11.1 Å². The molecule has 0 atom stereocenters. The molecule has 1 aromatic carbocycles. The van der Waals surface area contributed by atoms with E-state index in [9.17, 15) is 0 Å². The molecule has 0 spiro atoms. The van der Waals surface area contributed by atoms with E-state index in [1.54, 1.807) is 0 Å². The van der Waals surface area contributed by atoms with Crippen molar-refractivity contribution in [1.29, 1.82) is 0 Å². The van der Waals surface area contributed by atoms with Crippen LogP contribution in [0.3, 0.4) is 0 Å². The van der Waals surface area contributed by atoms with Crippen molar-refractivity contribution in [3.05, 3.63) is 59.4 Å². The molecule has 0 fully saturated rings. The Morgan fingerprint density at radius 1 is 1.14 bits per heavy atom. The van der Waals surface area contributed by atoms with E-state index in [0.29, 0.717) is 12.5 Å². The lowest BCUT2D eigenvalue weighted by Crippen LogP contribution is -2.22. The van der Waals surface area contributed by atoms with E-state index < -0.39 is 0 Å². The number of hydrogen-bond donors (Lipinski definition) is 2. The molecule has 2 rings (SSSR count). The average molecular weight is 282 g/mol. The van der Waals surface area contributed by atoms with E-state index in [1.165, 1.54) is 11.1 Å². The number of aliphatic imine (C=N–C) groups is 1. The van der Waals surface area contributed by atoms with Gasteiger partial charge in [-0.05, 0) is 48.2 Å². The summed E-state index contributed by atoms with van der Waals surface area (Å²) in [4.78, 5) is 8.64. The van der Waals surface area contributed by atoms with Crippen LogP contribution in [0.5, 0.6) is 0 Å². The molecule has 0 unspecified atom stereocenters. The van der Waals surface area contributed by atoms with Crippen molar-refractivity contribution in [3.8, 4) is 0 Å². The summed E-state index contributed by atoms with van der Waals surface area (Å²) in [6.45, 7) is 4.74. The number of rotatable bonds is 5. The number of guanidine groups is 1. The minimum absolute atomic E-state index is 0.409. The summed E-state index contributed by atoms with van der Waals surface area (Å²) in [6, 6.07) is 12.3. The van der Waals surface area contributed by atoms with Crippen LogP contribution in [-0.4, -0.2) is 10.9 Å². The van der Waals surface area contributed by atoms with Gasteiger partial charge in [0.05, 0.1) is 12.2 Å². The zero-order valence-corrected chi connectivity index (χ0v) is 12.6. The van der Waals surface area contributed by atoms with Gasteiger partial charge in [-0.1, -0.05) is 26.0 Å². The molecular weight excluding hydrogens is 260 g/mol. The number of benzene rings is 1. The summed E-state index contributed by atoms with van der Waals surface area (Å²) in [5.74, 6) is 0.409. The third kappa shape index (κ3) is 4.60. The predicted molar refractivity (Wildman–Crippen MR) is 88.4 cm³/mol. The van der Waals surface area contributed by atoms with Crippen molar-refractivity contribution in [2.45, 2.75) is 33.2 Å². The standard InChI is InChI=1S/C17H22N4/c1-3-13-6-5-7-15(10-13)21-17(18)20-12-16-11-14(4-2)8-9-19-16/h5-11H,3-4,12H2,1-2H3,(H3,18,20,21). The van der Waals surface area contributed by atoms with Gasteiger partial charge in [0.1, 0.15) is 0 Å². The predicted octanol–water partition coefficient (Wildman–Crippen LogP) is 3.13. The number of anilines is 1. The van der Waals surface area contributed by atoms with Gasteiger partial charge in [0, 0.05) is 11.9 Å². The van der Waals surface area contributed by atoms with Crippen LogP contribution in [0.4, 0.5) is 5.69 Å². The Morgan fingerprint density at radius 3 is 2.67 bits per heavy atom. The molecule has 0 bridgehead atoms. The van der Waals surface area contributed by atoms with Crippen LogP contribution in [0.1, 0.15) is 30.7 Å². The molecule has 0 saturated heterocycles. The Hall–Kier alpha value is -2.36. The molecule has 4 heteroatoms. The zero-order chi connectivity index (χ0) is 15.1. The van der Waals surface area contributed by atoms with Crippen molar-refractivity contribution >= 4 is 11.6 Å². The Morgan fingerprint density at radius 2 is 1.90 bits per heavy atom. The van der Waals surface area contributed by atoms with Gasteiger partial charge in [-0.15, -0.1) is 0 Å². The van der Waals surface area contributed by atoms with Crippen molar-refractivity contribution in [1.82, 2.24) is 4.98 Å². The van der Waals surface area contributed by atoms with Crippen molar-refractivity contribution in [2.24, 2.45) is 10.7 Å². The molecule has 1 heterocycles. The van der Waals surface area contributed by atoms with E-state index in [-0.39, 0.29) is 0 Å². The van der Waals surface area contributed by atoms with Gasteiger partial charge in [0.15, 0.2) is 5.96 Å². The maximum Gasteiger partial charge on any atom is 0.193 e. The molecule has 0 aliphatic carbocycles. The van der Waals surface area contributed by atoms with Crippen LogP contribution < -0.4 is 11.1 Å². The zero-order valence-electron chi connectivity index (χ0n) is 12.6. The monoisotopic (exact) mass is 282 g/mol. The molecule has 4 nitrogen and oxygen atoms in total. The van der Waals surface area contributed by atoms with Crippen LogP contribution in [0, 0.1) is 0 Å². The number of nitrogens with zero attached hydrogens (tertiary/aromatic N) is 2. The fourth-order valence-corrected chi connectivity index (χ4v) is 2.06. The highest BCUT2D eigenvalue weighted by atomic mass is 15.1. The summed E-state index contributed by atoms with van der Waals surface area (Å²) >= 11 is 0. The molecule has 21 heavy (non-hydrogen) atoms. The van der Waals surface area contributed by atoms with Gasteiger partial charge in [0.25, 0.3) is 0 Å². The normalized spacial score (nSPS) is 11.4. The summed E-state index contributed by atoms with van der Waals surface area (Å²) in [6.07, 6.45) is 3.81. The number of aromatic nitrogens is 1. The Bertz CT molecular complexity index is 620. The highest BCUT2D eigenvalue weighted by Gasteiger charge is 1.98. The molecule has 110 valence electrons. The topological polar surface area (TPSA) is 63.3 Å². The summed E-state index contributed by atoms with van der Waals surface area (Å²) in [5, 5.41) is 3.12. The third-order valence-corrected chi connectivity index (χ3v) is 3.31. The number of nitrogens with two attached hydrogens (primary N) is 1. The quantitative estimate of drug-likeness (QED) is 0.654. The molecule has 1 aromatic heterocycles. The lowest BCUT2D eigenvalue weighted by atomic mass is 10.1. The van der Waals surface area contributed by atoms with Gasteiger partial charge in [0.2, 0.25) is 0 Å². The highest BCUT2D eigenvalue weighted by molar-refractivity contribution is 5.92. The molecule has 3 N–H and O–H groups in total. The Balaban J connectivity index is 2.00. The largest absolute Gasteiger partial charge is 0.370 e. The average Bonchev–Trinajstić information content (AvgIpc) is 2.53. The van der Waals surface area contributed by atoms with Gasteiger partial charge in [-0.25, -0.2) is 4.99 Å². The first kappa shape index (κ1) is 15.0. The molecule has 2 aromatic rings. The van der Waals surface area contributed by atoms with Crippen LogP contribution in [-0.2, 0) is 19.4 Å². The first-order chi connectivity index (χ1) is 10.2. The van der Waals surface area contributed by atoms with E-state index in [1.807, 2.05) is 24.4 Å². The van der Waals surface area contributed by atoms with Crippen LogP contribution in [0.15, 0.2) is 47.6 Å². The molecule has 0 aliphatic heterocycles.